The van der Waals surface area contributed by atoms with Crippen molar-refractivity contribution in [1.29, 1.82) is 0 Å². The lowest BCUT2D eigenvalue weighted by Crippen LogP contribution is -2.36. The number of aliphatic carboxylic acids is 2. The molecule has 1 aliphatic heterocycles. The Balaban J connectivity index is 0.000000343. The second-order valence-corrected chi connectivity index (χ2v) is 7.72. The molecule has 3 heterocycles. The molecule has 16 heteroatoms. The molecule has 3 rings (SSSR count). The van der Waals surface area contributed by atoms with Gasteiger partial charge in [0.25, 0.3) is 0 Å². The third-order valence-electron chi connectivity index (χ3n) is 4.15. The van der Waals surface area contributed by atoms with Crippen molar-refractivity contribution in [3.05, 3.63) is 34.3 Å². The molecule has 0 saturated carbocycles. The van der Waals surface area contributed by atoms with Crippen molar-refractivity contribution in [2.75, 3.05) is 19.8 Å². The highest BCUT2D eigenvalue weighted by Crippen LogP contribution is 2.28. The van der Waals surface area contributed by atoms with Crippen molar-refractivity contribution in [3.8, 4) is 0 Å². The summed E-state index contributed by atoms with van der Waals surface area (Å²) in [7, 11) is 2.07. The van der Waals surface area contributed by atoms with Crippen LogP contribution in [0.25, 0.3) is 0 Å². The van der Waals surface area contributed by atoms with Crippen molar-refractivity contribution in [3.63, 3.8) is 0 Å². The van der Waals surface area contributed by atoms with Crippen LogP contribution in [-0.2, 0) is 34.5 Å². The maximum Gasteiger partial charge on any atom is 0.490 e. The lowest BCUT2D eigenvalue weighted by molar-refractivity contribution is -0.193. The zero-order valence-electron chi connectivity index (χ0n) is 17.9. The molecule has 0 fully saturated rings. The van der Waals surface area contributed by atoms with Crippen molar-refractivity contribution in [1.82, 2.24) is 19.4 Å². The molecule has 0 bridgehead atoms. The van der Waals surface area contributed by atoms with Gasteiger partial charge < -0.3 is 19.5 Å². The van der Waals surface area contributed by atoms with Crippen molar-refractivity contribution in [2.24, 2.45) is 7.05 Å². The van der Waals surface area contributed by atoms with Crippen LogP contribution in [0.5, 0.6) is 0 Å². The Morgan fingerprint density at radius 3 is 2.15 bits per heavy atom. The van der Waals surface area contributed by atoms with E-state index in [9.17, 15) is 26.3 Å². The molecule has 1 aliphatic rings. The van der Waals surface area contributed by atoms with E-state index in [1.165, 1.54) is 16.4 Å². The first-order chi connectivity index (χ1) is 15.7. The van der Waals surface area contributed by atoms with Crippen molar-refractivity contribution >= 4 is 23.3 Å². The molecule has 1 atom stereocenters. The van der Waals surface area contributed by atoms with E-state index in [-0.39, 0.29) is 0 Å². The third-order valence-corrected chi connectivity index (χ3v) is 4.92. The number of carboxylic acid groups (broad SMARTS) is 2. The van der Waals surface area contributed by atoms with E-state index in [1.807, 2.05) is 24.8 Å². The van der Waals surface area contributed by atoms with Gasteiger partial charge in [-0.05, 0) is 6.92 Å². The first-order valence-corrected chi connectivity index (χ1v) is 10.3. The molecule has 0 saturated heterocycles. The van der Waals surface area contributed by atoms with Crippen LogP contribution in [0.1, 0.15) is 29.2 Å². The van der Waals surface area contributed by atoms with Crippen LogP contribution in [0.3, 0.4) is 0 Å². The van der Waals surface area contributed by atoms with Gasteiger partial charge in [0.15, 0.2) is 0 Å². The van der Waals surface area contributed by atoms with Gasteiger partial charge in [-0.1, -0.05) is 0 Å². The van der Waals surface area contributed by atoms with E-state index in [2.05, 4.69) is 26.5 Å². The largest absolute Gasteiger partial charge is 0.490 e. The predicted octanol–water partition coefficient (Wildman–Crippen LogP) is 3.28. The Morgan fingerprint density at radius 1 is 1.15 bits per heavy atom. The standard InChI is InChI=1S/C14H20N4OS.2C2HF3O2/c1-3-19-9-11-6-18(8-13-15-4-5-20-13)7-12-14(11)17(2)10-16-12;2*3-2(4,5)1(6)7/h4-5,10-11H,3,6-9H2,1-2H3;2*(H,6,7). The molecule has 0 aromatic carbocycles. The van der Waals surface area contributed by atoms with E-state index < -0.39 is 24.3 Å². The Kier molecular flexibility index (Phi) is 10.9. The summed E-state index contributed by atoms with van der Waals surface area (Å²) in [6.07, 6.45) is -6.38. The molecule has 1 unspecified atom stereocenters. The Hall–Kier alpha value is -2.72. The lowest BCUT2D eigenvalue weighted by Gasteiger charge is -2.32. The number of aryl methyl sites for hydroxylation is 1. The van der Waals surface area contributed by atoms with Crippen molar-refractivity contribution in [2.45, 2.75) is 38.3 Å². The molecule has 2 N–H and O–H groups in total. The van der Waals surface area contributed by atoms with Gasteiger partial charge in [0.1, 0.15) is 5.01 Å². The summed E-state index contributed by atoms with van der Waals surface area (Å²) in [5.41, 5.74) is 2.51. The Labute approximate surface area is 193 Å². The van der Waals surface area contributed by atoms with Crippen LogP contribution in [-0.4, -0.2) is 73.7 Å². The van der Waals surface area contributed by atoms with Gasteiger partial charge in [-0.2, -0.15) is 26.3 Å². The van der Waals surface area contributed by atoms with E-state index >= 15 is 0 Å². The van der Waals surface area contributed by atoms with E-state index in [0.717, 1.165) is 32.8 Å². The zero-order chi connectivity index (χ0) is 26.1. The van der Waals surface area contributed by atoms with Crippen LogP contribution in [0.4, 0.5) is 26.3 Å². The third kappa shape index (κ3) is 9.64. The highest BCUT2D eigenvalue weighted by molar-refractivity contribution is 7.09. The van der Waals surface area contributed by atoms with Crippen LogP contribution in [0.2, 0.25) is 0 Å². The van der Waals surface area contributed by atoms with E-state index in [4.69, 9.17) is 24.5 Å². The van der Waals surface area contributed by atoms with Crippen LogP contribution >= 0.6 is 11.3 Å². The smallest absolute Gasteiger partial charge is 0.475 e. The molecular formula is C18H22F6N4O5S. The fraction of sp³-hybridized carbons (Fsp3) is 0.556. The number of fused-ring (bicyclic) bond motifs is 1. The topological polar surface area (TPSA) is 118 Å². The summed E-state index contributed by atoms with van der Waals surface area (Å²) in [4.78, 5) is 29.1. The fourth-order valence-electron chi connectivity index (χ4n) is 2.84. The summed E-state index contributed by atoms with van der Waals surface area (Å²) >= 11 is 1.71. The predicted molar refractivity (Wildman–Crippen MR) is 106 cm³/mol. The molecule has 192 valence electrons. The number of thiazole rings is 1. The Bertz CT molecular complexity index is 893. The first kappa shape index (κ1) is 29.3. The van der Waals surface area contributed by atoms with E-state index in [1.54, 1.807) is 11.3 Å². The van der Waals surface area contributed by atoms with Gasteiger partial charge in [0.05, 0.1) is 25.2 Å². The number of hydrogen-bond acceptors (Lipinski definition) is 7. The maximum atomic E-state index is 10.6. The SMILES string of the molecule is CCOCC1CN(Cc2nccs2)Cc2ncn(C)c21.O=C(O)C(F)(F)F.O=C(O)C(F)(F)F. The summed E-state index contributed by atoms with van der Waals surface area (Å²) in [5.74, 6) is -5.12. The molecule has 0 radical (unpaired) electrons. The quantitative estimate of drug-likeness (QED) is 0.577. The van der Waals surface area contributed by atoms with Gasteiger partial charge in [-0.25, -0.2) is 19.6 Å². The average molecular weight is 520 g/mol. The first-order valence-electron chi connectivity index (χ1n) is 9.45. The number of carboxylic acids is 2. The second-order valence-electron chi connectivity index (χ2n) is 6.75. The molecule has 34 heavy (non-hydrogen) atoms. The van der Waals surface area contributed by atoms with Gasteiger partial charge >= 0.3 is 24.3 Å². The second kappa shape index (κ2) is 12.7. The number of hydrogen-bond donors (Lipinski definition) is 2. The summed E-state index contributed by atoms with van der Waals surface area (Å²) in [5, 5.41) is 17.4. The van der Waals surface area contributed by atoms with Gasteiger partial charge in [-0.3, -0.25) is 4.90 Å². The summed E-state index contributed by atoms with van der Waals surface area (Å²) < 4.78 is 71.3. The molecule has 0 aliphatic carbocycles. The monoisotopic (exact) mass is 520 g/mol. The minimum absolute atomic E-state index is 0.395. The number of alkyl halides is 6. The number of nitrogens with zero attached hydrogens (tertiary/aromatic N) is 4. The fourth-order valence-corrected chi connectivity index (χ4v) is 3.50. The molecule has 9 nitrogen and oxygen atoms in total. The van der Waals surface area contributed by atoms with Crippen LogP contribution in [0, 0.1) is 0 Å². The number of imidazole rings is 1. The minimum Gasteiger partial charge on any atom is -0.475 e. The number of rotatable bonds is 5. The summed E-state index contributed by atoms with van der Waals surface area (Å²) in [6.45, 7) is 6.37. The maximum absolute atomic E-state index is 10.6. The normalized spacial score (nSPS) is 15.9. The number of ether oxygens (including phenoxy) is 1. The van der Waals surface area contributed by atoms with E-state index in [0.29, 0.717) is 5.92 Å². The lowest BCUT2D eigenvalue weighted by atomic mass is 9.99. The highest BCUT2D eigenvalue weighted by atomic mass is 32.1. The molecule has 0 amide bonds. The number of carbonyl (C=O) groups is 2. The number of aromatic nitrogens is 3. The highest BCUT2D eigenvalue weighted by Gasteiger charge is 2.38. The van der Waals surface area contributed by atoms with Crippen molar-refractivity contribution < 1.29 is 50.9 Å². The van der Waals surface area contributed by atoms with Gasteiger partial charge in [-0.15, -0.1) is 11.3 Å². The molecule has 0 spiro atoms. The molecule has 2 aromatic rings. The number of halogens is 6. The Morgan fingerprint density at radius 2 is 1.71 bits per heavy atom. The van der Waals surface area contributed by atoms with Gasteiger partial charge in [0.2, 0.25) is 0 Å². The summed E-state index contributed by atoms with van der Waals surface area (Å²) in [6, 6.07) is 0. The van der Waals surface area contributed by atoms with Gasteiger partial charge in [0, 0.05) is 49.9 Å². The minimum atomic E-state index is -5.08. The average Bonchev–Trinajstić information content (AvgIpc) is 3.35. The molecule has 2 aromatic heterocycles. The zero-order valence-corrected chi connectivity index (χ0v) is 18.7. The van der Waals surface area contributed by atoms with Crippen LogP contribution < -0.4 is 0 Å². The van der Waals surface area contributed by atoms with Crippen LogP contribution in [0.15, 0.2) is 17.9 Å². The molecular weight excluding hydrogens is 498 g/mol.